The van der Waals surface area contributed by atoms with Crippen LogP contribution in [0.5, 0.6) is 5.75 Å². The van der Waals surface area contributed by atoms with Gasteiger partial charge >= 0.3 is 11.9 Å². The maximum Gasteiger partial charge on any atom is 0.314 e. The van der Waals surface area contributed by atoms with Crippen molar-refractivity contribution in [1.29, 1.82) is 0 Å². The summed E-state index contributed by atoms with van der Waals surface area (Å²) in [5.74, 6) is -2.45. The molecule has 3 atom stereocenters. The molecular weight excluding hydrogens is 472 g/mol. The fraction of sp³-hybridized carbons (Fsp3) is 0.429. The Bertz CT molecular complexity index is 1140. The second-order valence-corrected chi connectivity index (χ2v) is 16.4. The minimum Gasteiger partial charge on any atom is -0.508 e. The Morgan fingerprint density at radius 2 is 1.72 bits per heavy atom. The second kappa shape index (κ2) is 10.8. The van der Waals surface area contributed by atoms with Crippen LogP contribution in [0.1, 0.15) is 36.8 Å². The molecule has 2 aromatic rings. The lowest BCUT2D eigenvalue weighted by Gasteiger charge is -2.44. The van der Waals surface area contributed by atoms with Crippen LogP contribution in [0.15, 0.2) is 54.2 Å². The molecule has 192 valence electrons. The van der Waals surface area contributed by atoms with Crippen LogP contribution >= 0.6 is 0 Å². The standard InChI is InChI=1S/C28H36N2O5Si/c1-5-13-34-28(33)26-24-21-16-19(31)11-12-20(21)22(25(26)27(32)35-14-15-36(2,3)4)17-23(24)30-29-18-9-7-6-8-10-18/h6-12,16,22,25-26,29-31H,5,13-15,17H2,1-4H3/t22?,25?,26-/m1/s1. The van der Waals surface area contributed by atoms with Crippen LogP contribution in [0.25, 0.3) is 5.57 Å². The Morgan fingerprint density at radius 1 is 1.00 bits per heavy atom. The van der Waals surface area contributed by atoms with Gasteiger partial charge in [0.1, 0.15) is 5.75 Å². The molecule has 7 nitrogen and oxygen atoms in total. The smallest absolute Gasteiger partial charge is 0.314 e. The van der Waals surface area contributed by atoms with Crippen molar-refractivity contribution in [2.45, 2.75) is 51.4 Å². The molecule has 0 radical (unpaired) electrons. The quantitative estimate of drug-likeness (QED) is 0.228. The Morgan fingerprint density at radius 3 is 2.42 bits per heavy atom. The van der Waals surface area contributed by atoms with Crippen molar-refractivity contribution in [3.8, 4) is 5.75 Å². The summed E-state index contributed by atoms with van der Waals surface area (Å²) in [5, 5.41) is 10.3. The molecule has 3 N–H and O–H groups in total. The second-order valence-electron chi connectivity index (χ2n) is 10.7. The van der Waals surface area contributed by atoms with Gasteiger partial charge in [-0.3, -0.25) is 9.59 Å². The van der Waals surface area contributed by atoms with Crippen molar-refractivity contribution in [1.82, 2.24) is 5.43 Å². The summed E-state index contributed by atoms with van der Waals surface area (Å²) in [7, 11) is -1.39. The van der Waals surface area contributed by atoms with Gasteiger partial charge in [-0.2, -0.15) is 0 Å². The Labute approximate surface area is 213 Å². The molecule has 0 saturated carbocycles. The molecular formula is C28H36N2O5Si. The van der Waals surface area contributed by atoms with Gasteiger partial charge < -0.3 is 25.4 Å². The highest BCUT2D eigenvalue weighted by Gasteiger charge is 2.53. The number of hydrogen-bond donors (Lipinski definition) is 3. The summed E-state index contributed by atoms with van der Waals surface area (Å²) >= 11 is 0. The molecule has 0 heterocycles. The number of ether oxygens (including phenoxy) is 2. The van der Waals surface area contributed by atoms with Gasteiger partial charge in [0.25, 0.3) is 0 Å². The van der Waals surface area contributed by atoms with Crippen molar-refractivity contribution in [2.24, 2.45) is 11.8 Å². The zero-order valence-corrected chi connectivity index (χ0v) is 22.5. The molecule has 0 aliphatic heterocycles. The van der Waals surface area contributed by atoms with Crippen LogP contribution in [0.3, 0.4) is 0 Å². The number of fused-ring (bicyclic) bond motifs is 2. The molecule has 2 unspecified atom stereocenters. The third-order valence-electron chi connectivity index (χ3n) is 6.78. The number of carbonyl (C=O) groups is 2. The van der Waals surface area contributed by atoms with Crippen LogP contribution in [-0.2, 0) is 19.1 Å². The summed E-state index contributed by atoms with van der Waals surface area (Å²) in [5.41, 5.74) is 10.6. The maximum atomic E-state index is 13.5. The number of phenols is 1. The van der Waals surface area contributed by atoms with Gasteiger partial charge in [-0.15, -0.1) is 0 Å². The average molecular weight is 509 g/mol. The largest absolute Gasteiger partial charge is 0.508 e. The highest BCUT2D eigenvalue weighted by molar-refractivity contribution is 6.76. The molecule has 36 heavy (non-hydrogen) atoms. The van der Waals surface area contributed by atoms with Crippen molar-refractivity contribution in [3.05, 3.63) is 65.4 Å². The minimum absolute atomic E-state index is 0.110. The zero-order valence-electron chi connectivity index (χ0n) is 21.5. The van der Waals surface area contributed by atoms with E-state index < -0.39 is 25.9 Å². The normalized spacial score (nSPS) is 20.5. The van der Waals surface area contributed by atoms with Crippen molar-refractivity contribution in [2.75, 3.05) is 18.6 Å². The molecule has 2 aromatic carbocycles. The van der Waals surface area contributed by atoms with Gasteiger partial charge in [0, 0.05) is 19.7 Å². The molecule has 3 aliphatic rings. The maximum absolute atomic E-state index is 13.5. The monoisotopic (exact) mass is 508 g/mol. The number of hydrazine groups is 1. The topological polar surface area (TPSA) is 96.9 Å². The Balaban J connectivity index is 1.72. The number of hydrogen-bond acceptors (Lipinski definition) is 7. The van der Waals surface area contributed by atoms with Gasteiger partial charge in [-0.05, 0) is 59.9 Å². The lowest BCUT2D eigenvalue weighted by molar-refractivity contribution is -0.159. The molecule has 8 heteroatoms. The molecule has 0 saturated heterocycles. The van der Waals surface area contributed by atoms with E-state index in [1.54, 1.807) is 12.1 Å². The van der Waals surface area contributed by atoms with Gasteiger partial charge in [0.05, 0.1) is 30.7 Å². The van der Waals surface area contributed by atoms with E-state index in [4.69, 9.17) is 9.47 Å². The van der Waals surface area contributed by atoms with E-state index in [0.29, 0.717) is 25.0 Å². The van der Waals surface area contributed by atoms with Gasteiger partial charge in [-0.25, -0.2) is 0 Å². The van der Waals surface area contributed by atoms with Crippen LogP contribution in [-0.4, -0.2) is 38.3 Å². The highest BCUT2D eigenvalue weighted by Crippen LogP contribution is 2.55. The van der Waals surface area contributed by atoms with Crippen molar-refractivity contribution >= 4 is 31.3 Å². The molecule has 0 amide bonds. The number of carbonyl (C=O) groups excluding carboxylic acids is 2. The molecule has 0 spiro atoms. The number of aromatic hydroxyl groups is 1. The van der Waals surface area contributed by atoms with E-state index in [9.17, 15) is 14.7 Å². The third-order valence-corrected chi connectivity index (χ3v) is 8.49. The summed E-state index contributed by atoms with van der Waals surface area (Å²) in [4.78, 5) is 26.9. The number of anilines is 1. The fourth-order valence-electron chi connectivity index (χ4n) is 4.99. The SMILES string of the molecule is CCCOC(=O)[C@@H]1C2=C(NNc3ccccc3)CC(c3ccc(O)cc32)C1C(=O)OCC[Si](C)(C)C. The first-order chi connectivity index (χ1) is 17.2. The number of nitrogens with one attached hydrogen (secondary N) is 2. The number of rotatable bonds is 10. The average Bonchev–Trinajstić information content (AvgIpc) is 2.85. The van der Waals surface area contributed by atoms with E-state index in [-0.39, 0.29) is 24.2 Å². The predicted octanol–water partition coefficient (Wildman–Crippen LogP) is 5.29. The molecule has 0 aromatic heterocycles. The van der Waals surface area contributed by atoms with Crippen LogP contribution in [0, 0.1) is 11.8 Å². The number of esters is 2. The predicted molar refractivity (Wildman–Crippen MR) is 143 cm³/mol. The van der Waals surface area contributed by atoms with E-state index in [1.165, 1.54) is 0 Å². The lowest BCUT2D eigenvalue weighted by Crippen LogP contribution is -2.46. The highest BCUT2D eigenvalue weighted by atomic mass is 28.3. The minimum atomic E-state index is -1.39. The van der Waals surface area contributed by atoms with E-state index in [2.05, 4.69) is 30.5 Å². The van der Waals surface area contributed by atoms with Gasteiger partial charge in [0.2, 0.25) is 0 Å². The van der Waals surface area contributed by atoms with E-state index >= 15 is 0 Å². The van der Waals surface area contributed by atoms with Crippen LogP contribution in [0.4, 0.5) is 5.69 Å². The molecule has 0 fully saturated rings. The molecule has 5 rings (SSSR count). The number of benzene rings is 2. The zero-order chi connectivity index (χ0) is 25.9. The van der Waals surface area contributed by atoms with E-state index in [0.717, 1.165) is 28.6 Å². The van der Waals surface area contributed by atoms with Crippen LogP contribution in [0.2, 0.25) is 25.7 Å². The van der Waals surface area contributed by atoms with Gasteiger partial charge in [0.15, 0.2) is 0 Å². The van der Waals surface area contributed by atoms with Gasteiger partial charge in [-0.1, -0.05) is 50.8 Å². The Hall–Kier alpha value is -3.26. The third kappa shape index (κ3) is 5.59. The molecule has 3 aliphatic carbocycles. The van der Waals surface area contributed by atoms with Crippen molar-refractivity contribution in [3.63, 3.8) is 0 Å². The first-order valence-electron chi connectivity index (χ1n) is 12.7. The molecule has 2 bridgehead atoms. The summed E-state index contributed by atoms with van der Waals surface area (Å²) in [6.07, 6.45) is 1.22. The Kier molecular flexibility index (Phi) is 7.73. The summed E-state index contributed by atoms with van der Waals surface area (Å²) < 4.78 is 11.4. The van der Waals surface area contributed by atoms with Crippen molar-refractivity contribution < 1.29 is 24.2 Å². The van der Waals surface area contributed by atoms with Crippen LogP contribution < -0.4 is 10.9 Å². The first-order valence-corrected chi connectivity index (χ1v) is 16.4. The number of allylic oxidation sites excluding steroid dienone is 1. The first kappa shape index (κ1) is 25.8. The lowest BCUT2D eigenvalue weighted by atomic mass is 9.60. The number of phenolic OH excluding ortho intramolecular Hbond substituents is 1. The summed E-state index contributed by atoms with van der Waals surface area (Å²) in [6, 6.07) is 15.7. The van der Waals surface area contributed by atoms with E-state index in [1.807, 2.05) is 43.3 Å². The fourth-order valence-corrected chi connectivity index (χ4v) is 5.70. The number of para-hydroxylation sites is 1. The summed E-state index contributed by atoms with van der Waals surface area (Å²) in [6.45, 7) is 9.28.